The highest BCUT2D eigenvalue weighted by atomic mass is 16.3. The van der Waals surface area contributed by atoms with E-state index in [0.717, 1.165) is 36.9 Å². The number of furan rings is 1. The molecule has 4 heteroatoms. The zero-order chi connectivity index (χ0) is 56.2. The smallest absolute Gasteiger partial charge is 0.297 e. The second kappa shape index (κ2) is 16.7. The Balaban J connectivity index is 1.18. The van der Waals surface area contributed by atoms with Crippen molar-refractivity contribution in [1.82, 2.24) is 0 Å². The van der Waals surface area contributed by atoms with Gasteiger partial charge in [0.1, 0.15) is 5.58 Å². The molecule has 15 rings (SSSR count). The van der Waals surface area contributed by atoms with E-state index >= 15 is 0 Å². The van der Waals surface area contributed by atoms with Gasteiger partial charge in [-0.1, -0.05) is 184 Å². The molecule has 1 fully saturated rings. The lowest BCUT2D eigenvalue weighted by atomic mass is 9.35. The number of hydrogen-bond donors (Lipinski definition) is 0. The molecule has 408 valence electrons. The molecule has 3 heterocycles. The van der Waals surface area contributed by atoms with E-state index in [-0.39, 0.29) is 50.0 Å². The van der Waals surface area contributed by atoms with E-state index in [1.807, 2.05) is 0 Å². The van der Waals surface area contributed by atoms with E-state index in [1.54, 1.807) is 0 Å². The van der Waals surface area contributed by atoms with Gasteiger partial charge in [0.05, 0.1) is 22.7 Å². The van der Waals surface area contributed by atoms with Crippen molar-refractivity contribution in [2.75, 3.05) is 9.80 Å². The fourth-order valence-corrected chi connectivity index (χ4v) is 16.1. The van der Waals surface area contributed by atoms with Crippen LogP contribution in [0.1, 0.15) is 207 Å². The van der Waals surface area contributed by atoms with Gasteiger partial charge in [-0.3, -0.25) is 0 Å². The Morgan fingerprint density at radius 3 is 1.39 bits per heavy atom. The molecule has 0 radical (unpaired) electrons. The molecule has 0 saturated heterocycles. The van der Waals surface area contributed by atoms with Crippen molar-refractivity contribution in [3.05, 3.63) is 172 Å². The summed E-state index contributed by atoms with van der Waals surface area (Å²) in [7, 11) is 0. The van der Waals surface area contributed by atoms with Crippen LogP contribution in [0.3, 0.4) is 0 Å². The van der Waals surface area contributed by atoms with Gasteiger partial charge in [-0.05, 0) is 216 Å². The van der Waals surface area contributed by atoms with Crippen molar-refractivity contribution >= 4 is 68.4 Å². The molecular weight excluding hydrogens is 968 g/mol. The van der Waals surface area contributed by atoms with Crippen LogP contribution in [0.2, 0.25) is 0 Å². The fourth-order valence-electron chi connectivity index (χ4n) is 16.1. The largest absolute Gasteiger partial charge is 0.468 e. The first-order valence-corrected chi connectivity index (χ1v) is 30.6. The summed E-state index contributed by atoms with van der Waals surface area (Å²) in [5.41, 5.74) is 28.8. The first kappa shape index (κ1) is 51.9. The van der Waals surface area contributed by atoms with E-state index in [9.17, 15) is 0 Å². The number of anilines is 6. The molecule has 0 unspecified atom stereocenters. The monoisotopic (exact) mass is 1050 g/mol. The minimum absolute atomic E-state index is 0.00959. The summed E-state index contributed by atoms with van der Waals surface area (Å²) in [4.78, 5) is 5.49. The molecule has 80 heavy (non-hydrogen) atoms. The first-order chi connectivity index (χ1) is 37.6. The molecule has 1 aromatic heterocycles. The molecular formula is C76H85BN2O. The van der Waals surface area contributed by atoms with Crippen molar-refractivity contribution < 1.29 is 4.42 Å². The molecule has 0 spiro atoms. The molecule has 0 atom stereocenters. The zero-order valence-electron chi connectivity index (χ0n) is 51.2. The van der Waals surface area contributed by atoms with E-state index < -0.39 is 0 Å². The summed E-state index contributed by atoms with van der Waals surface area (Å²) in [6.45, 7) is 39.2. The van der Waals surface area contributed by atoms with Gasteiger partial charge in [0, 0.05) is 33.6 Å². The van der Waals surface area contributed by atoms with E-state index in [1.165, 1.54) is 143 Å². The van der Waals surface area contributed by atoms with Crippen molar-refractivity contribution in [1.29, 1.82) is 0 Å². The van der Waals surface area contributed by atoms with Crippen LogP contribution in [0.15, 0.2) is 132 Å². The van der Waals surface area contributed by atoms with E-state index in [2.05, 4.69) is 248 Å². The predicted molar refractivity (Wildman–Crippen MR) is 342 cm³/mol. The van der Waals surface area contributed by atoms with Gasteiger partial charge in [-0.15, -0.1) is 0 Å². The SMILES string of the molecule is CC(C)(C)c1ccc(N2c3cc(C(C)(C)C)cc4c3B(c3cc5c(cc3N4c3cc4c(cc3-c3ccccc3)C(C)(C)CCC4(C)C)C(C)(C)CCC5(C)C)c3oc4cc5c(cc4c32)C2(C)CCC5(C)CC2)c(-c2ccccc2)c1. The molecule has 0 amide bonds. The molecule has 8 aromatic rings. The van der Waals surface area contributed by atoms with Crippen LogP contribution in [-0.4, -0.2) is 6.71 Å². The van der Waals surface area contributed by atoms with Crippen LogP contribution in [0.4, 0.5) is 34.1 Å². The summed E-state index contributed by atoms with van der Waals surface area (Å²) in [5, 5.41) is 1.23. The molecule has 2 aliphatic heterocycles. The Hall–Kier alpha value is -6.26. The van der Waals surface area contributed by atoms with Crippen LogP contribution in [0, 0.1) is 0 Å². The molecule has 0 N–H and O–H groups in total. The van der Waals surface area contributed by atoms with Crippen molar-refractivity contribution in [2.24, 2.45) is 0 Å². The van der Waals surface area contributed by atoms with Gasteiger partial charge in [0.25, 0.3) is 6.71 Å². The average molecular weight is 1050 g/mol. The van der Waals surface area contributed by atoms with Crippen LogP contribution in [0.25, 0.3) is 33.2 Å². The van der Waals surface area contributed by atoms with Gasteiger partial charge in [-0.25, -0.2) is 0 Å². The Kier molecular flexibility index (Phi) is 10.8. The lowest BCUT2D eigenvalue weighted by Gasteiger charge is -2.52. The maximum atomic E-state index is 7.96. The standard InChI is InChI=1S/C76H85BN2O/c1-69(2,3)48-27-28-60(50(37-48)46-23-19-17-20-24-46)79-64-39-49(70(4,5)6)38-63-66(64)77(68-67(79)52-41-57-58(45-65(52)80-68)76(16)35-33-75(57,15)34-36-76)59-42-54-56(74(13,14)32-30-72(54,9)10)44-62(59)78(63)61-43-55-53(71(7,8)29-31-73(55,11)12)40-51(61)47-25-21-18-22-26-47/h17-28,37-45H,29-36H2,1-16H3. The molecule has 5 aliphatic carbocycles. The van der Waals surface area contributed by atoms with Gasteiger partial charge in [-0.2, -0.15) is 0 Å². The maximum absolute atomic E-state index is 7.96. The number of benzene rings is 7. The van der Waals surface area contributed by atoms with Crippen molar-refractivity contribution in [3.63, 3.8) is 0 Å². The topological polar surface area (TPSA) is 19.6 Å². The highest BCUT2D eigenvalue weighted by molar-refractivity contribution is 7.00. The minimum atomic E-state index is -0.190. The van der Waals surface area contributed by atoms with Gasteiger partial charge >= 0.3 is 0 Å². The number of rotatable bonds is 4. The molecule has 7 aromatic carbocycles. The maximum Gasteiger partial charge on any atom is 0.297 e. The molecule has 3 nitrogen and oxygen atoms in total. The Morgan fingerprint density at radius 2 is 0.863 bits per heavy atom. The number of fused-ring (bicyclic) bond motifs is 10. The first-order valence-electron chi connectivity index (χ1n) is 30.6. The fraction of sp³-hybridized carbons (Fsp3) is 0.421. The highest BCUT2D eigenvalue weighted by Crippen LogP contribution is 2.60. The summed E-state index contributed by atoms with van der Waals surface area (Å²) in [6, 6.07) is 51.0. The van der Waals surface area contributed by atoms with E-state index in [0.29, 0.717) is 0 Å². The Morgan fingerprint density at radius 1 is 0.400 bits per heavy atom. The van der Waals surface area contributed by atoms with Gasteiger partial charge in [0.2, 0.25) is 0 Å². The summed E-state index contributed by atoms with van der Waals surface area (Å²) < 4.78 is 7.96. The third kappa shape index (κ3) is 7.50. The Labute approximate surface area is 479 Å². The second-order valence-corrected chi connectivity index (χ2v) is 31.2. The lowest BCUT2D eigenvalue weighted by Crippen LogP contribution is -2.61. The van der Waals surface area contributed by atoms with Crippen LogP contribution in [0.5, 0.6) is 0 Å². The summed E-state index contributed by atoms with van der Waals surface area (Å²) in [5.74, 6) is 0. The Bertz CT molecular complexity index is 3900. The quantitative estimate of drug-likeness (QED) is 0.164. The lowest BCUT2D eigenvalue weighted by molar-refractivity contribution is 0.188. The molecule has 1 saturated carbocycles. The predicted octanol–water partition coefficient (Wildman–Crippen LogP) is 19.2. The van der Waals surface area contributed by atoms with Gasteiger partial charge < -0.3 is 14.2 Å². The summed E-state index contributed by atoms with van der Waals surface area (Å²) in [6.07, 6.45) is 9.50. The van der Waals surface area contributed by atoms with Crippen LogP contribution < -0.4 is 26.4 Å². The third-order valence-electron chi connectivity index (χ3n) is 21.9. The number of hydrogen-bond acceptors (Lipinski definition) is 3. The summed E-state index contributed by atoms with van der Waals surface area (Å²) >= 11 is 0. The minimum Gasteiger partial charge on any atom is -0.468 e. The third-order valence-corrected chi connectivity index (χ3v) is 21.9. The highest BCUT2D eigenvalue weighted by Gasteiger charge is 2.53. The van der Waals surface area contributed by atoms with Crippen molar-refractivity contribution in [3.8, 4) is 22.3 Å². The second-order valence-electron chi connectivity index (χ2n) is 31.2. The van der Waals surface area contributed by atoms with Crippen LogP contribution in [-0.2, 0) is 43.3 Å². The normalized spacial score (nSPS) is 22.5. The molecule has 2 bridgehead atoms. The van der Waals surface area contributed by atoms with Crippen LogP contribution >= 0.6 is 0 Å². The zero-order valence-corrected chi connectivity index (χ0v) is 51.2. The average Bonchev–Trinajstić information content (AvgIpc) is 3.96. The number of nitrogens with zero attached hydrogens (tertiary/aromatic N) is 2. The molecule has 7 aliphatic rings. The van der Waals surface area contributed by atoms with E-state index in [4.69, 9.17) is 4.42 Å². The van der Waals surface area contributed by atoms with Crippen molar-refractivity contribution in [2.45, 2.75) is 205 Å². The van der Waals surface area contributed by atoms with Gasteiger partial charge in [0.15, 0.2) is 0 Å².